The molecule has 0 aliphatic heterocycles. The van der Waals surface area contributed by atoms with Gasteiger partial charge in [0.15, 0.2) is 0 Å². The molecule has 0 spiro atoms. The summed E-state index contributed by atoms with van der Waals surface area (Å²) in [6.07, 6.45) is 3.07. The lowest BCUT2D eigenvalue weighted by Gasteiger charge is -2.05. The molecule has 0 aliphatic carbocycles. The van der Waals surface area contributed by atoms with Crippen molar-refractivity contribution in [1.82, 2.24) is 9.78 Å². The number of hydrogen-bond donors (Lipinski definition) is 0. The van der Waals surface area contributed by atoms with Crippen molar-refractivity contribution in [3.05, 3.63) is 56.8 Å². The molecule has 0 amide bonds. The second-order valence-electron chi connectivity index (χ2n) is 5.70. The number of carbonyl (C=O) groups is 1. The number of benzene rings is 1. The first-order valence-corrected chi connectivity index (χ1v) is 8.98. The average molecular weight is 392 g/mol. The van der Waals surface area contributed by atoms with Crippen LogP contribution in [0.2, 0.25) is 10.2 Å². The van der Waals surface area contributed by atoms with Crippen LogP contribution in [0.25, 0.3) is 6.08 Å². The Kier molecular flexibility index (Phi) is 7.26. The fourth-order valence-corrected chi connectivity index (χ4v) is 2.78. The Morgan fingerprint density at radius 3 is 2.77 bits per heavy atom. The third kappa shape index (κ3) is 4.87. The van der Waals surface area contributed by atoms with E-state index in [9.17, 15) is 10.1 Å². The zero-order valence-corrected chi connectivity index (χ0v) is 16.1. The lowest BCUT2D eigenvalue weighted by Crippen LogP contribution is -2.08. The van der Waals surface area contributed by atoms with Crippen molar-refractivity contribution < 1.29 is 9.53 Å². The van der Waals surface area contributed by atoms with E-state index >= 15 is 0 Å². The molecular formula is C19H19Cl2N3O2. The average Bonchev–Trinajstić information content (AvgIpc) is 2.88. The van der Waals surface area contributed by atoms with E-state index in [0.717, 1.165) is 18.4 Å². The van der Waals surface area contributed by atoms with Gasteiger partial charge in [-0.1, -0.05) is 54.7 Å². The van der Waals surface area contributed by atoms with Crippen LogP contribution in [-0.2, 0) is 16.1 Å². The minimum atomic E-state index is -0.657. The minimum Gasteiger partial charge on any atom is -0.462 e. The smallest absolute Gasteiger partial charge is 0.348 e. The van der Waals surface area contributed by atoms with Crippen LogP contribution in [0, 0.1) is 18.3 Å². The van der Waals surface area contributed by atoms with Gasteiger partial charge in [0, 0.05) is 10.6 Å². The van der Waals surface area contributed by atoms with Crippen molar-refractivity contribution >= 4 is 35.2 Å². The van der Waals surface area contributed by atoms with Crippen molar-refractivity contribution in [1.29, 1.82) is 5.26 Å². The molecule has 0 atom stereocenters. The summed E-state index contributed by atoms with van der Waals surface area (Å²) in [5, 5.41) is 14.6. The molecule has 1 aromatic heterocycles. The maximum Gasteiger partial charge on any atom is 0.348 e. The number of ether oxygens (including phenoxy) is 1. The van der Waals surface area contributed by atoms with E-state index in [0.29, 0.717) is 28.0 Å². The number of unbranched alkanes of at least 4 members (excludes halogenated alkanes) is 1. The molecule has 7 heteroatoms. The standard InChI is InChI=1S/C19H19Cl2N3O2/c1-3-4-9-26-19(25)15(11-22)10-16-13(2)23-24(18(16)21)12-14-7-5-6-8-17(14)20/h5-8,10H,3-4,9,12H2,1-2H3/b15-10+. The minimum absolute atomic E-state index is 0.108. The van der Waals surface area contributed by atoms with E-state index in [2.05, 4.69) is 5.10 Å². The zero-order chi connectivity index (χ0) is 19.1. The maximum absolute atomic E-state index is 12.0. The Morgan fingerprint density at radius 1 is 1.38 bits per heavy atom. The molecule has 0 N–H and O–H groups in total. The summed E-state index contributed by atoms with van der Waals surface area (Å²) in [6.45, 7) is 4.42. The maximum atomic E-state index is 12.0. The van der Waals surface area contributed by atoms with Gasteiger partial charge in [-0.25, -0.2) is 9.48 Å². The second kappa shape index (κ2) is 9.42. The van der Waals surface area contributed by atoms with E-state index in [-0.39, 0.29) is 12.2 Å². The first-order chi connectivity index (χ1) is 12.5. The topological polar surface area (TPSA) is 67.9 Å². The van der Waals surface area contributed by atoms with Crippen molar-refractivity contribution in [3.63, 3.8) is 0 Å². The number of esters is 1. The number of nitriles is 1. The summed E-state index contributed by atoms with van der Waals surface area (Å²) in [5.41, 5.74) is 1.89. The Hall–Kier alpha value is -2.29. The first kappa shape index (κ1) is 20.0. The zero-order valence-electron chi connectivity index (χ0n) is 14.6. The van der Waals surface area contributed by atoms with Crippen molar-refractivity contribution in [2.24, 2.45) is 0 Å². The number of carbonyl (C=O) groups excluding carboxylic acids is 1. The van der Waals surface area contributed by atoms with Gasteiger partial charge in [0.05, 0.1) is 18.8 Å². The Bertz CT molecular complexity index is 866. The van der Waals surface area contributed by atoms with Gasteiger partial charge >= 0.3 is 5.97 Å². The van der Waals surface area contributed by atoms with Gasteiger partial charge in [-0.05, 0) is 31.1 Å². The largest absolute Gasteiger partial charge is 0.462 e. The molecule has 26 heavy (non-hydrogen) atoms. The SMILES string of the molecule is CCCCOC(=O)/C(C#N)=C/c1c(C)nn(Cc2ccccc2Cl)c1Cl. The summed E-state index contributed by atoms with van der Waals surface area (Å²) < 4.78 is 6.67. The van der Waals surface area contributed by atoms with E-state index in [1.165, 1.54) is 6.08 Å². The number of hydrogen-bond acceptors (Lipinski definition) is 4. The van der Waals surface area contributed by atoms with Crippen LogP contribution in [0.15, 0.2) is 29.8 Å². The molecule has 2 rings (SSSR count). The molecule has 0 saturated heterocycles. The van der Waals surface area contributed by atoms with E-state index in [4.69, 9.17) is 27.9 Å². The fourth-order valence-electron chi connectivity index (χ4n) is 2.29. The number of aryl methyl sites for hydroxylation is 1. The van der Waals surface area contributed by atoms with Gasteiger partial charge in [-0.3, -0.25) is 0 Å². The molecule has 2 aromatic rings. The van der Waals surface area contributed by atoms with Gasteiger partial charge in [-0.2, -0.15) is 10.4 Å². The molecule has 0 unspecified atom stereocenters. The number of aromatic nitrogens is 2. The van der Waals surface area contributed by atoms with Gasteiger partial charge in [0.1, 0.15) is 16.8 Å². The number of rotatable bonds is 7. The lowest BCUT2D eigenvalue weighted by atomic mass is 10.1. The van der Waals surface area contributed by atoms with Gasteiger partial charge in [-0.15, -0.1) is 0 Å². The van der Waals surface area contributed by atoms with Gasteiger partial charge in [0.2, 0.25) is 0 Å². The van der Waals surface area contributed by atoms with Crippen LogP contribution in [0.3, 0.4) is 0 Å². The van der Waals surface area contributed by atoms with Crippen LogP contribution in [-0.4, -0.2) is 22.4 Å². The Morgan fingerprint density at radius 2 is 2.12 bits per heavy atom. The highest BCUT2D eigenvalue weighted by Gasteiger charge is 2.17. The molecule has 0 saturated carbocycles. The van der Waals surface area contributed by atoms with Crippen molar-refractivity contribution in [2.75, 3.05) is 6.61 Å². The molecule has 0 bridgehead atoms. The summed E-state index contributed by atoms with van der Waals surface area (Å²) in [6, 6.07) is 9.28. The summed E-state index contributed by atoms with van der Waals surface area (Å²) in [7, 11) is 0. The second-order valence-corrected chi connectivity index (χ2v) is 6.46. The third-order valence-corrected chi connectivity index (χ3v) is 4.51. The Labute approximate surface area is 162 Å². The van der Waals surface area contributed by atoms with Crippen molar-refractivity contribution in [3.8, 4) is 6.07 Å². The van der Waals surface area contributed by atoms with Gasteiger partial charge in [0.25, 0.3) is 0 Å². The summed E-state index contributed by atoms with van der Waals surface area (Å²) in [4.78, 5) is 12.0. The molecule has 1 aromatic carbocycles. The predicted octanol–water partition coefficient (Wildman–Crippen LogP) is 4.80. The molecule has 136 valence electrons. The third-order valence-electron chi connectivity index (χ3n) is 3.75. The normalized spacial score (nSPS) is 11.3. The highest BCUT2D eigenvalue weighted by Crippen LogP contribution is 2.25. The van der Waals surface area contributed by atoms with Crippen LogP contribution in [0.1, 0.15) is 36.6 Å². The van der Waals surface area contributed by atoms with E-state index in [1.807, 2.05) is 31.2 Å². The summed E-state index contributed by atoms with van der Waals surface area (Å²) in [5.74, 6) is -0.657. The number of nitrogens with zero attached hydrogens (tertiary/aromatic N) is 3. The number of halogens is 2. The molecule has 0 radical (unpaired) electrons. The first-order valence-electron chi connectivity index (χ1n) is 8.23. The Balaban J connectivity index is 2.27. The van der Waals surface area contributed by atoms with Gasteiger partial charge < -0.3 is 4.74 Å². The van der Waals surface area contributed by atoms with Crippen LogP contribution in [0.4, 0.5) is 0 Å². The molecular weight excluding hydrogens is 373 g/mol. The van der Waals surface area contributed by atoms with Crippen LogP contribution >= 0.6 is 23.2 Å². The molecule has 0 aliphatic rings. The van der Waals surface area contributed by atoms with Crippen LogP contribution < -0.4 is 0 Å². The molecule has 5 nitrogen and oxygen atoms in total. The highest BCUT2D eigenvalue weighted by molar-refractivity contribution is 6.32. The monoisotopic (exact) mass is 391 g/mol. The molecule has 1 heterocycles. The highest BCUT2D eigenvalue weighted by atomic mass is 35.5. The fraction of sp³-hybridized carbons (Fsp3) is 0.316. The predicted molar refractivity (Wildman–Crippen MR) is 102 cm³/mol. The van der Waals surface area contributed by atoms with E-state index in [1.54, 1.807) is 17.7 Å². The van der Waals surface area contributed by atoms with Crippen LogP contribution in [0.5, 0.6) is 0 Å². The lowest BCUT2D eigenvalue weighted by molar-refractivity contribution is -0.138. The summed E-state index contributed by atoms with van der Waals surface area (Å²) >= 11 is 12.6. The van der Waals surface area contributed by atoms with E-state index < -0.39 is 5.97 Å². The quantitative estimate of drug-likeness (QED) is 0.294. The molecule has 0 fully saturated rings. The van der Waals surface area contributed by atoms with Crippen molar-refractivity contribution in [2.45, 2.75) is 33.2 Å².